The summed E-state index contributed by atoms with van der Waals surface area (Å²) in [5.74, 6) is -0.177. The van der Waals surface area contributed by atoms with Gasteiger partial charge in [0.05, 0.1) is 18.7 Å². The Morgan fingerprint density at radius 1 is 1.17 bits per heavy atom. The molecule has 1 fully saturated rings. The fraction of sp³-hybridized carbons (Fsp3) is 0.318. The number of hydrogen-bond donors (Lipinski definition) is 1. The molecule has 1 N–H and O–H groups in total. The summed E-state index contributed by atoms with van der Waals surface area (Å²) in [7, 11) is 1.50. The molecule has 150 valence electrons. The second kappa shape index (κ2) is 8.54. The molecular formula is C22H22ClN3O3. The quantitative estimate of drug-likeness (QED) is 0.805. The zero-order valence-corrected chi connectivity index (χ0v) is 17.1. The minimum atomic E-state index is -1.41. The van der Waals surface area contributed by atoms with Crippen molar-refractivity contribution in [2.24, 2.45) is 0 Å². The molecule has 29 heavy (non-hydrogen) atoms. The lowest BCUT2D eigenvalue weighted by atomic mass is 9.83. The van der Waals surface area contributed by atoms with Gasteiger partial charge in [-0.2, -0.15) is 5.26 Å². The van der Waals surface area contributed by atoms with Crippen molar-refractivity contribution in [3.05, 3.63) is 58.6 Å². The average Bonchev–Trinajstić information content (AvgIpc) is 3.28. The molecule has 3 rings (SSSR count). The number of hydrogen-bond acceptors (Lipinski definition) is 4. The van der Waals surface area contributed by atoms with E-state index in [0.29, 0.717) is 40.7 Å². The number of carbonyl (C=O) groups is 2. The molecule has 2 aromatic carbocycles. The molecule has 0 saturated carbocycles. The average molecular weight is 412 g/mol. The van der Waals surface area contributed by atoms with Gasteiger partial charge in [0.15, 0.2) is 5.41 Å². The third-order valence-corrected chi connectivity index (χ3v) is 5.43. The van der Waals surface area contributed by atoms with Crippen molar-refractivity contribution in [3.8, 4) is 11.8 Å². The number of anilines is 1. The number of halogens is 1. The lowest BCUT2D eigenvalue weighted by Crippen LogP contribution is -2.36. The lowest BCUT2D eigenvalue weighted by molar-refractivity contribution is -0.119. The van der Waals surface area contributed by atoms with Crippen LogP contribution in [-0.4, -0.2) is 36.9 Å². The number of amides is 2. The minimum Gasteiger partial charge on any atom is -0.496 e. The molecule has 1 unspecified atom stereocenters. The van der Waals surface area contributed by atoms with Crippen molar-refractivity contribution < 1.29 is 14.3 Å². The van der Waals surface area contributed by atoms with E-state index in [4.69, 9.17) is 16.3 Å². The first-order valence-corrected chi connectivity index (χ1v) is 9.73. The second-order valence-electron chi connectivity index (χ2n) is 7.11. The highest BCUT2D eigenvalue weighted by molar-refractivity contribution is 6.30. The predicted molar refractivity (Wildman–Crippen MR) is 111 cm³/mol. The molecule has 6 nitrogen and oxygen atoms in total. The number of methoxy groups -OCH3 is 1. The van der Waals surface area contributed by atoms with E-state index in [-0.39, 0.29) is 5.91 Å². The van der Waals surface area contributed by atoms with E-state index in [1.54, 1.807) is 54.3 Å². The summed E-state index contributed by atoms with van der Waals surface area (Å²) in [6.07, 6.45) is 1.96. The molecule has 0 bridgehead atoms. The number of rotatable bonds is 5. The first-order valence-electron chi connectivity index (χ1n) is 9.35. The molecule has 1 saturated heterocycles. The van der Waals surface area contributed by atoms with Crippen LogP contribution in [0.3, 0.4) is 0 Å². The van der Waals surface area contributed by atoms with Gasteiger partial charge in [-0.15, -0.1) is 0 Å². The zero-order chi connectivity index (χ0) is 21.0. The molecule has 2 aromatic rings. The Hall–Kier alpha value is -3.04. The van der Waals surface area contributed by atoms with Gasteiger partial charge >= 0.3 is 0 Å². The highest BCUT2D eigenvalue weighted by Crippen LogP contribution is 2.29. The van der Waals surface area contributed by atoms with Crippen molar-refractivity contribution in [2.45, 2.75) is 25.2 Å². The van der Waals surface area contributed by atoms with Crippen LogP contribution in [0.2, 0.25) is 5.02 Å². The number of likely N-dealkylation sites (tertiary alicyclic amines) is 1. The maximum Gasteiger partial charge on any atom is 0.257 e. The van der Waals surface area contributed by atoms with Crippen molar-refractivity contribution in [3.63, 3.8) is 0 Å². The maximum absolute atomic E-state index is 12.9. The van der Waals surface area contributed by atoms with Gasteiger partial charge in [0, 0.05) is 23.8 Å². The van der Waals surface area contributed by atoms with Crippen LogP contribution < -0.4 is 10.1 Å². The molecule has 2 amide bonds. The van der Waals surface area contributed by atoms with Crippen LogP contribution in [0, 0.1) is 11.3 Å². The number of ether oxygens (including phenoxy) is 1. The Labute approximate surface area is 175 Å². The molecule has 7 heteroatoms. The molecule has 0 radical (unpaired) electrons. The van der Waals surface area contributed by atoms with Crippen molar-refractivity contribution >= 4 is 29.1 Å². The number of nitrogens with zero attached hydrogens (tertiary/aromatic N) is 2. The van der Waals surface area contributed by atoms with Crippen LogP contribution >= 0.6 is 11.6 Å². The topological polar surface area (TPSA) is 82.4 Å². The van der Waals surface area contributed by atoms with Gasteiger partial charge in [0.2, 0.25) is 5.91 Å². The molecule has 0 aliphatic carbocycles. The summed E-state index contributed by atoms with van der Waals surface area (Å²) in [4.78, 5) is 27.6. The summed E-state index contributed by atoms with van der Waals surface area (Å²) in [5, 5.41) is 13.0. The van der Waals surface area contributed by atoms with Gasteiger partial charge in [-0.3, -0.25) is 9.59 Å². The number of benzene rings is 2. The van der Waals surface area contributed by atoms with Crippen molar-refractivity contribution in [1.29, 1.82) is 5.26 Å². The maximum atomic E-state index is 12.9. The van der Waals surface area contributed by atoms with Crippen molar-refractivity contribution in [1.82, 2.24) is 4.90 Å². The first-order chi connectivity index (χ1) is 13.9. The van der Waals surface area contributed by atoms with Crippen LogP contribution in [-0.2, 0) is 10.2 Å². The van der Waals surface area contributed by atoms with Gasteiger partial charge in [-0.25, -0.2) is 0 Å². The third-order valence-electron chi connectivity index (χ3n) is 5.18. The Bertz CT molecular complexity index is 962. The smallest absolute Gasteiger partial charge is 0.257 e. The van der Waals surface area contributed by atoms with E-state index in [1.165, 1.54) is 7.11 Å². The number of nitriles is 1. The fourth-order valence-corrected chi connectivity index (χ4v) is 3.46. The van der Waals surface area contributed by atoms with E-state index in [1.807, 2.05) is 0 Å². The minimum absolute atomic E-state index is 0.129. The largest absolute Gasteiger partial charge is 0.496 e. The van der Waals surface area contributed by atoms with Gasteiger partial charge in [-0.1, -0.05) is 23.7 Å². The Morgan fingerprint density at radius 2 is 1.83 bits per heavy atom. The van der Waals surface area contributed by atoms with E-state index in [9.17, 15) is 14.9 Å². The molecule has 1 aliphatic heterocycles. The standard InChI is InChI=1S/C22H22ClN3O3/c1-22(14-24,15-5-7-16(23)8-6-15)21(28)25-17-9-10-19(29-2)18(13-17)20(27)26-11-3-4-12-26/h5-10,13H,3-4,11-12H2,1-2H3,(H,25,28). The fourth-order valence-electron chi connectivity index (χ4n) is 3.33. The van der Waals surface area contributed by atoms with Crippen LogP contribution in [0.25, 0.3) is 0 Å². The predicted octanol–water partition coefficient (Wildman–Crippen LogP) is 4.00. The summed E-state index contributed by atoms with van der Waals surface area (Å²) in [6.45, 7) is 2.97. The lowest BCUT2D eigenvalue weighted by Gasteiger charge is -2.22. The summed E-state index contributed by atoms with van der Waals surface area (Å²) in [6, 6.07) is 13.6. The SMILES string of the molecule is COc1ccc(NC(=O)C(C)(C#N)c2ccc(Cl)cc2)cc1C(=O)N1CCCC1. The summed E-state index contributed by atoms with van der Waals surface area (Å²) >= 11 is 5.91. The van der Waals surface area contributed by atoms with Crippen LogP contribution in [0.15, 0.2) is 42.5 Å². The van der Waals surface area contributed by atoms with Gasteiger partial charge in [0.1, 0.15) is 5.75 Å². The van der Waals surface area contributed by atoms with E-state index >= 15 is 0 Å². The van der Waals surface area contributed by atoms with Gasteiger partial charge in [0.25, 0.3) is 5.91 Å². The normalized spacial score (nSPS) is 15.3. The highest BCUT2D eigenvalue weighted by Gasteiger charge is 2.36. The van der Waals surface area contributed by atoms with Gasteiger partial charge in [-0.05, 0) is 55.7 Å². The summed E-state index contributed by atoms with van der Waals surface area (Å²) < 4.78 is 5.33. The zero-order valence-electron chi connectivity index (χ0n) is 16.4. The number of carbonyl (C=O) groups excluding carboxylic acids is 2. The highest BCUT2D eigenvalue weighted by atomic mass is 35.5. The van der Waals surface area contributed by atoms with Crippen LogP contribution in [0.5, 0.6) is 5.75 Å². The van der Waals surface area contributed by atoms with Gasteiger partial charge < -0.3 is 15.0 Å². The third kappa shape index (κ3) is 4.20. The second-order valence-corrected chi connectivity index (χ2v) is 7.55. The molecule has 1 aliphatic rings. The Kier molecular flexibility index (Phi) is 6.09. The summed E-state index contributed by atoms with van der Waals surface area (Å²) in [5.41, 5.74) is -0.0705. The first kappa shape index (κ1) is 20.7. The van der Waals surface area contributed by atoms with E-state index in [0.717, 1.165) is 12.8 Å². The van der Waals surface area contributed by atoms with Crippen molar-refractivity contribution in [2.75, 3.05) is 25.5 Å². The molecule has 1 atom stereocenters. The molecular weight excluding hydrogens is 390 g/mol. The molecule has 0 aromatic heterocycles. The van der Waals surface area contributed by atoms with E-state index in [2.05, 4.69) is 11.4 Å². The monoisotopic (exact) mass is 411 g/mol. The Morgan fingerprint density at radius 3 is 2.41 bits per heavy atom. The molecule has 0 spiro atoms. The molecule has 1 heterocycles. The van der Waals surface area contributed by atoms with Crippen LogP contribution in [0.4, 0.5) is 5.69 Å². The number of nitrogens with one attached hydrogen (secondary N) is 1. The Balaban J connectivity index is 1.88. The van der Waals surface area contributed by atoms with E-state index < -0.39 is 11.3 Å². The van der Waals surface area contributed by atoms with Crippen LogP contribution in [0.1, 0.15) is 35.7 Å².